The largest absolute Gasteiger partial charge is 0.508 e. The summed E-state index contributed by atoms with van der Waals surface area (Å²) >= 11 is 0. The van der Waals surface area contributed by atoms with Gasteiger partial charge in [0.15, 0.2) is 0 Å². The summed E-state index contributed by atoms with van der Waals surface area (Å²) in [5.41, 5.74) is 1.75. The molecular formula is C15H10O3. The Hall–Kier alpha value is -2.55. The maximum Gasteiger partial charge on any atom is 0.336 e. The van der Waals surface area contributed by atoms with E-state index < -0.39 is 5.63 Å². The van der Waals surface area contributed by atoms with Crippen LogP contribution in [0.1, 0.15) is 0 Å². The molecule has 0 aliphatic rings. The van der Waals surface area contributed by atoms with E-state index in [1.165, 1.54) is 12.1 Å². The topological polar surface area (TPSA) is 50.4 Å². The third kappa shape index (κ3) is 1.76. The van der Waals surface area contributed by atoms with Crippen molar-refractivity contribution in [1.82, 2.24) is 0 Å². The Balaban J connectivity index is 2.41. The van der Waals surface area contributed by atoms with Crippen LogP contribution in [0.25, 0.3) is 22.1 Å². The van der Waals surface area contributed by atoms with Crippen LogP contribution in [0.4, 0.5) is 0 Å². The maximum absolute atomic E-state index is 11.5. The highest BCUT2D eigenvalue weighted by atomic mass is 16.4. The molecule has 0 saturated heterocycles. The van der Waals surface area contributed by atoms with Gasteiger partial charge in [0.1, 0.15) is 11.3 Å². The first-order valence-corrected chi connectivity index (χ1v) is 5.56. The highest BCUT2D eigenvalue weighted by Crippen LogP contribution is 2.29. The zero-order valence-electron chi connectivity index (χ0n) is 9.46. The first kappa shape index (κ1) is 10.6. The van der Waals surface area contributed by atoms with Crippen LogP contribution in [0.5, 0.6) is 5.75 Å². The van der Waals surface area contributed by atoms with Gasteiger partial charge in [-0.2, -0.15) is 0 Å². The van der Waals surface area contributed by atoms with Gasteiger partial charge in [0, 0.05) is 11.5 Å². The Morgan fingerprint density at radius 2 is 1.72 bits per heavy atom. The second-order valence-electron chi connectivity index (χ2n) is 4.03. The molecule has 0 unspecified atom stereocenters. The molecule has 88 valence electrons. The fourth-order valence-corrected chi connectivity index (χ4v) is 2.01. The summed E-state index contributed by atoms with van der Waals surface area (Å²) in [6.45, 7) is 0. The van der Waals surface area contributed by atoms with Crippen LogP contribution < -0.4 is 5.63 Å². The fourth-order valence-electron chi connectivity index (χ4n) is 2.01. The van der Waals surface area contributed by atoms with E-state index in [-0.39, 0.29) is 5.75 Å². The maximum atomic E-state index is 11.5. The Kier molecular flexibility index (Phi) is 2.38. The first-order chi connectivity index (χ1) is 8.74. The third-order valence-electron chi connectivity index (χ3n) is 2.81. The van der Waals surface area contributed by atoms with Gasteiger partial charge in [-0.15, -0.1) is 0 Å². The lowest BCUT2D eigenvalue weighted by Crippen LogP contribution is -1.97. The summed E-state index contributed by atoms with van der Waals surface area (Å²) in [7, 11) is 0. The molecule has 3 heteroatoms. The van der Waals surface area contributed by atoms with Crippen LogP contribution in [0.3, 0.4) is 0 Å². The minimum absolute atomic E-state index is 0.147. The fraction of sp³-hybridized carbons (Fsp3) is 0. The molecule has 0 radical (unpaired) electrons. The van der Waals surface area contributed by atoms with Gasteiger partial charge in [-0.3, -0.25) is 0 Å². The molecule has 0 aliphatic carbocycles. The molecule has 0 amide bonds. The molecule has 18 heavy (non-hydrogen) atoms. The van der Waals surface area contributed by atoms with Crippen molar-refractivity contribution in [3.63, 3.8) is 0 Å². The van der Waals surface area contributed by atoms with Gasteiger partial charge in [-0.1, -0.05) is 30.3 Å². The van der Waals surface area contributed by atoms with Crippen LogP contribution in [0.15, 0.2) is 63.8 Å². The summed E-state index contributed by atoms with van der Waals surface area (Å²) in [5, 5.41) is 10.3. The number of hydrogen-bond donors (Lipinski definition) is 1. The van der Waals surface area contributed by atoms with Gasteiger partial charge in [0.2, 0.25) is 0 Å². The normalized spacial score (nSPS) is 10.7. The quantitative estimate of drug-likeness (QED) is 0.662. The summed E-state index contributed by atoms with van der Waals surface area (Å²) in [6, 6.07) is 15.7. The van der Waals surface area contributed by atoms with Crippen molar-refractivity contribution in [1.29, 1.82) is 0 Å². The van der Waals surface area contributed by atoms with E-state index in [0.29, 0.717) is 5.58 Å². The molecule has 0 spiro atoms. The molecule has 1 N–H and O–H groups in total. The average molecular weight is 238 g/mol. The summed E-state index contributed by atoms with van der Waals surface area (Å²) in [5.74, 6) is 0.147. The Morgan fingerprint density at radius 3 is 2.50 bits per heavy atom. The SMILES string of the molecule is O=c1cc(-c2ccccc2)c2cc(O)ccc2o1. The van der Waals surface area contributed by atoms with Gasteiger partial charge >= 0.3 is 5.63 Å². The second-order valence-corrected chi connectivity index (χ2v) is 4.03. The molecule has 3 aromatic rings. The Bertz CT molecular complexity index is 758. The number of benzene rings is 2. The third-order valence-corrected chi connectivity index (χ3v) is 2.81. The van der Waals surface area contributed by atoms with Gasteiger partial charge in [-0.05, 0) is 29.3 Å². The van der Waals surface area contributed by atoms with Crippen LogP contribution in [-0.4, -0.2) is 5.11 Å². The Morgan fingerprint density at radius 1 is 0.944 bits per heavy atom. The van der Waals surface area contributed by atoms with E-state index in [0.717, 1.165) is 16.5 Å². The number of aromatic hydroxyl groups is 1. The standard InChI is InChI=1S/C15H10O3/c16-11-6-7-14-13(8-11)12(9-15(17)18-14)10-4-2-1-3-5-10/h1-9,16H. The van der Waals surface area contributed by atoms with Crippen molar-refractivity contribution in [3.8, 4) is 16.9 Å². The van der Waals surface area contributed by atoms with Crippen molar-refractivity contribution in [2.75, 3.05) is 0 Å². The summed E-state index contributed by atoms with van der Waals surface area (Å²) < 4.78 is 5.11. The van der Waals surface area contributed by atoms with Crippen molar-refractivity contribution < 1.29 is 9.52 Å². The van der Waals surface area contributed by atoms with Gasteiger partial charge < -0.3 is 9.52 Å². The molecule has 3 nitrogen and oxygen atoms in total. The predicted molar refractivity (Wildman–Crippen MR) is 69.6 cm³/mol. The number of phenolic OH excluding ortho intramolecular Hbond substituents is 1. The van der Waals surface area contributed by atoms with E-state index in [1.54, 1.807) is 12.1 Å². The Labute approximate surface area is 103 Å². The van der Waals surface area contributed by atoms with Crippen molar-refractivity contribution >= 4 is 11.0 Å². The molecule has 2 aromatic carbocycles. The number of phenols is 1. The lowest BCUT2D eigenvalue weighted by atomic mass is 10.0. The molecule has 1 aromatic heterocycles. The number of hydrogen-bond acceptors (Lipinski definition) is 3. The minimum atomic E-state index is -0.396. The summed E-state index contributed by atoms with van der Waals surface area (Å²) in [6.07, 6.45) is 0. The molecule has 1 heterocycles. The molecule has 0 aliphatic heterocycles. The van der Waals surface area contributed by atoms with E-state index in [4.69, 9.17) is 4.42 Å². The van der Waals surface area contributed by atoms with Crippen molar-refractivity contribution in [3.05, 3.63) is 65.0 Å². The van der Waals surface area contributed by atoms with Crippen LogP contribution >= 0.6 is 0 Å². The molecule has 0 bridgehead atoms. The van der Waals surface area contributed by atoms with Crippen molar-refractivity contribution in [2.45, 2.75) is 0 Å². The van der Waals surface area contributed by atoms with E-state index in [2.05, 4.69) is 0 Å². The van der Waals surface area contributed by atoms with Crippen LogP contribution in [0.2, 0.25) is 0 Å². The van der Waals surface area contributed by atoms with Crippen LogP contribution in [-0.2, 0) is 0 Å². The second kappa shape index (κ2) is 4.04. The van der Waals surface area contributed by atoms with Gasteiger partial charge in [0.25, 0.3) is 0 Å². The smallest absolute Gasteiger partial charge is 0.336 e. The van der Waals surface area contributed by atoms with E-state index in [1.807, 2.05) is 30.3 Å². The average Bonchev–Trinajstić information content (AvgIpc) is 2.39. The van der Waals surface area contributed by atoms with E-state index in [9.17, 15) is 9.90 Å². The monoisotopic (exact) mass is 238 g/mol. The highest BCUT2D eigenvalue weighted by molar-refractivity contribution is 5.93. The van der Waals surface area contributed by atoms with E-state index >= 15 is 0 Å². The molecule has 0 atom stereocenters. The lowest BCUT2D eigenvalue weighted by molar-refractivity contribution is 0.475. The van der Waals surface area contributed by atoms with Crippen LogP contribution in [0, 0.1) is 0 Å². The molecule has 3 rings (SSSR count). The first-order valence-electron chi connectivity index (χ1n) is 5.56. The zero-order chi connectivity index (χ0) is 12.5. The van der Waals surface area contributed by atoms with Crippen molar-refractivity contribution in [2.24, 2.45) is 0 Å². The van der Waals surface area contributed by atoms with Gasteiger partial charge in [-0.25, -0.2) is 4.79 Å². The molecular weight excluding hydrogens is 228 g/mol. The number of fused-ring (bicyclic) bond motifs is 1. The highest BCUT2D eigenvalue weighted by Gasteiger charge is 2.08. The molecule has 0 saturated carbocycles. The predicted octanol–water partition coefficient (Wildman–Crippen LogP) is 3.17. The number of rotatable bonds is 1. The lowest BCUT2D eigenvalue weighted by Gasteiger charge is -2.05. The minimum Gasteiger partial charge on any atom is -0.508 e. The van der Waals surface area contributed by atoms with Gasteiger partial charge in [0.05, 0.1) is 0 Å². The molecule has 0 fully saturated rings. The summed E-state index contributed by atoms with van der Waals surface area (Å²) in [4.78, 5) is 11.5. The zero-order valence-corrected chi connectivity index (χ0v) is 9.46.